The molecular formula is C24H29N3O4S. The van der Waals surface area contributed by atoms with E-state index >= 15 is 0 Å². The number of ether oxygens (including phenoxy) is 1. The molecule has 0 amide bonds. The normalized spacial score (nSPS) is 20.3. The fourth-order valence-electron chi connectivity index (χ4n) is 4.43. The summed E-state index contributed by atoms with van der Waals surface area (Å²) in [5.41, 5.74) is 2.07. The van der Waals surface area contributed by atoms with Crippen molar-refractivity contribution in [2.75, 3.05) is 12.4 Å². The number of hydrogen-bond acceptors (Lipinski definition) is 7. The van der Waals surface area contributed by atoms with Crippen molar-refractivity contribution in [3.8, 4) is 11.5 Å². The fraction of sp³-hybridized carbons (Fsp3) is 0.458. The number of fused-ring (bicyclic) bond motifs is 1. The van der Waals surface area contributed by atoms with Gasteiger partial charge in [-0.2, -0.15) is 0 Å². The molecule has 8 heteroatoms. The maximum absolute atomic E-state index is 13.3. The van der Waals surface area contributed by atoms with Gasteiger partial charge in [0.25, 0.3) is 5.56 Å². The number of Topliss-reactive ketones (excluding diaryl/α,β-unsaturated/α-hetero) is 1. The molecule has 7 nitrogen and oxygen atoms in total. The zero-order valence-corrected chi connectivity index (χ0v) is 19.9. The third kappa shape index (κ3) is 4.03. The van der Waals surface area contributed by atoms with E-state index in [-0.39, 0.29) is 22.5 Å². The highest BCUT2D eigenvalue weighted by Crippen LogP contribution is 2.48. The van der Waals surface area contributed by atoms with E-state index in [4.69, 9.17) is 9.72 Å². The number of allylic oxidation sites excluding steroid dienone is 2. The number of nitrogens with one attached hydrogen (secondary N) is 2. The molecule has 0 bridgehead atoms. The molecule has 0 radical (unpaired) electrons. The van der Waals surface area contributed by atoms with E-state index in [1.807, 2.05) is 0 Å². The highest BCUT2D eigenvalue weighted by Gasteiger charge is 2.42. The van der Waals surface area contributed by atoms with Crippen molar-refractivity contribution in [2.45, 2.75) is 63.3 Å². The van der Waals surface area contributed by atoms with Crippen LogP contribution in [0.5, 0.6) is 11.5 Å². The van der Waals surface area contributed by atoms with Gasteiger partial charge in [0.05, 0.1) is 12.7 Å². The number of phenols is 1. The van der Waals surface area contributed by atoms with Gasteiger partial charge in [-0.3, -0.25) is 9.59 Å². The number of carbonyl (C=O) groups excluding carboxylic acids is 1. The second-order valence-electron chi connectivity index (χ2n) is 9.29. The SMILES string of the molecule is CCC(C)Sc1nc2c(c(=O)[nH]1)C(c1ccc(O)c(OC)c1)C1=C(CC(C)(C)CC1=O)N2. The summed E-state index contributed by atoms with van der Waals surface area (Å²) in [5.74, 6) is 0.215. The first-order valence-electron chi connectivity index (χ1n) is 10.8. The Bertz CT molecular complexity index is 1170. The zero-order valence-electron chi connectivity index (χ0n) is 19.0. The average molecular weight is 456 g/mol. The summed E-state index contributed by atoms with van der Waals surface area (Å²) in [6.07, 6.45) is 2.04. The van der Waals surface area contributed by atoms with Crippen LogP contribution < -0.4 is 15.6 Å². The van der Waals surface area contributed by atoms with Gasteiger partial charge >= 0.3 is 0 Å². The number of benzene rings is 1. The third-order valence-corrected chi connectivity index (χ3v) is 7.28. The van der Waals surface area contributed by atoms with Crippen LogP contribution in [0.4, 0.5) is 5.82 Å². The van der Waals surface area contributed by atoms with Crippen molar-refractivity contribution in [2.24, 2.45) is 5.41 Å². The van der Waals surface area contributed by atoms with Crippen LogP contribution in [0.25, 0.3) is 0 Å². The van der Waals surface area contributed by atoms with Gasteiger partial charge in [0.15, 0.2) is 22.4 Å². The Morgan fingerprint density at radius 1 is 1.31 bits per heavy atom. The molecule has 2 atom stereocenters. The second kappa shape index (κ2) is 8.31. The Labute approximate surface area is 191 Å². The monoisotopic (exact) mass is 455 g/mol. The zero-order chi connectivity index (χ0) is 23.2. The van der Waals surface area contributed by atoms with Crippen molar-refractivity contribution in [1.29, 1.82) is 0 Å². The molecule has 1 aromatic heterocycles. The van der Waals surface area contributed by atoms with Crippen LogP contribution in [0.1, 0.15) is 64.0 Å². The number of thioether (sulfide) groups is 1. The summed E-state index contributed by atoms with van der Waals surface area (Å²) in [6.45, 7) is 8.32. The molecule has 2 aliphatic rings. The van der Waals surface area contributed by atoms with Gasteiger partial charge in [-0.1, -0.05) is 45.5 Å². The van der Waals surface area contributed by atoms with E-state index in [0.29, 0.717) is 51.5 Å². The number of ketones is 1. The summed E-state index contributed by atoms with van der Waals surface area (Å²) < 4.78 is 5.29. The molecule has 1 aromatic carbocycles. The van der Waals surface area contributed by atoms with E-state index < -0.39 is 5.92 Å². The summed E-state index contributed by atoms with van der Waals surface area (Å²) in [5, 5.41) is 14.3. The van der Waals surface area contributed by atoms with Gasteiger partial charge in [-0.05, 0) is 36.0 Å². The molecule has 1 aliphatic heterocycles. The number of nitrogens with zero attached hydrogens (tertiary/aromatic N) is 1. The maximum atomic E-state index is 13.3. The third-order valence-electron chi connectivity index (χ3n) is 6.13. The van der Waals surface area contributed by atoms with Crippen LogP contribution in [0.2, 0.25) is 0 Å². The van der Waals surface area contributed by atoms with Crippen LogP contribution in [-0.4, -0.2) is 33.2 Å². The number of rotatable bonds is 5. The number of aromatic hydroxyl groups is 1. The lowest BCUT2D eigenvalue weighted by atomic mass is 9.69. The largest absolute Gasteiger partial charge is 0.504 e. The molecule has 0 saturated heterocycles. The van der Waals surface area contributed by atoms with Gasteiger partial charge in [0.1, 0.15) is 5.82 Å². The van der Waals surface area contributed by atoms with Crippen molar-refractivity contribution in [3.63, 3.8) is 0 Å². The Morgan fingerprint density at radius 2 is 2.06 bits per heavy atom. The molecule has 32 heavy (non-hydrogen) atoms. The first-order valence-corrected chi connectivity index (χ1v) is 11.7. The van der Waals surface area contributed by atoms with Gasteiger partial charge in [-0.15, -0.1) is 0 Å². The van der Waals surface area contributed by atoms with Crippen molar-refractivity contribution >= 4 is 23.4 Å². The number of carbonyl (C=O) groups is 1. The number of aromatic amines is 1. The lowest BCUT2D eigenvalue weighted by molar-refractivity contribution is -0.118. The first kappa shape index (κ1) is 22.5. The molecule has 2 unspecified atom stereocenters. The second-order valence-corrected chi connectivity index (χ2v) is 10.7. The summed E-state index contributed by atoms with van der Waals surface area (Å²) in [7, 11) is 1.47. The predicted molar refractivity (Wildman–Crippen MR) is 126 cm³/mol. The quantitative estimate of drug-likeness (QED) is 0.448. The average Bonchev–Trinajstić information content (AvgIpc) is 2.71. The summed E-state index contributed by atoms with van der Waals surface area (Å²) in [4.78, 5) is 34.3. The Balaban J connectivity index is 1.93. The number of phenolic OH excluding ortho intramolecular Hbond substituents is 1. The smallest absolute Gasteiger partial charge is 0.257 e. The maximum Gasteiger partial charge on any atom is 0.257 e. The molecule has 4 rings (SSSR count). The lowest BCUT2D eigenvalue weighted by Crippen LogP contribution is -2.37. The van der Waals surface area contributed by atoms with Crippen LogP contribution in [0, 0.1) is 5.41 Å². The molecule has 170 valence electrons. The lowest BCUT2D eigenvalue weighted by Gasteiger charge is -2.38. The van der Waals surface area contributed by atoms with E-state index in [1.54, 1.807) is 12.1 Å². The number of methoxy groups -OCH3 is 1. The van der Waals surface area contributed by atoms with Crippen molar-refractivity contribution in [3.05, 3.63) is 50.9 Å². The molecule has 3 N–H and O–H groups in total. The number of anilines is 1. The highest BCUT2D eigenvalue weighted by molar-refractivity contribution is 7.99. The minimum Gasteiger partial charge on any atom is -0.504 e. The first-order chi connectivity index (χ1) is 15.1. The van der Waals surface area contributed by atoms with Gasteiger partial charge in [0, 0.05) is 28.9 Å². The number of hydrogen-bond donors (Lipinski definition) is 3. The van der Waals surface area contributed by atoms with Crippen LogP contribution in [0.3, 0.4) is 0 Å². The van der Waals surface area contributed by atoms with Gasteiger partial charge in [0.2, 0.25) is 0 Å². The van der Waals surface area contributed by atoms with E-state index in [1.165, 1.54) is 24.9 Å². The molecule has 0 spiro atoms. The highest BCUT2D eigenvalue weighted by atomic mass is 32.2. The Kier molecular flexibility index (Phi) is 5.83. The van der Waals surface area contributed by atoms with Crippen LogP contribution in [-0.2, 0) is 4.79 Å². The molecule has 1 aliphatic carbocycles. The number of aromatic nitrogens is 2. The molecule has 2 aromatic rings. The standard InChI is InChI=1S/C24H29N3O4S/c1-6-12(2)32-23-26-21-20(22(30)27-23)18(13-7-8-15(28)17(9-13)31-5)19-14(25-21)10-24(3,4)11-16(19)29/h7-9,12,18,28H,6,10-11H2,1-5H3,(H2,25,26,27,30). The Morgan fingerprint density at radius 3 is 2.75 bits per heavy atom. The van der Waals surface area contributed by atoms with E-state index in [9.17, 15) is 14.7 Å². The number of H-pyrrole nitrogens is 1. The molecular weight excluding hydrogens is 426 g/mol. The van der Waals surface area contributed by atoms with Crippen LogP contribution in [0.15, 0.2) is 39.4 Å². The molecule has 0 saturated carbocycles. The topological polar surface area (TPSA) is 104 Å². The van der Waals surface area contributed by atoms with Crippen molar-refractivity contribution < 1.29 is 14.6 Å². The molecule has 2 heterocycles. The fourth-order valence-corrected chi connectivity index (χ4v) is 5.27. The minimum atomic E-state index is -0.585. The minimum absolute atomic E-state index is 0.00282. The van der Waals surface area contributed by atoms with E-state index in [0.717, 1.165) is 12.1 Å². The predicted octanol–water partition coefficient (Wildman–Crippen LogP) is 4.58. The van der Waals surface area contributed by atoms with Crippen LogP contribution >= 0.6 is 11.8 Å². The van der Waals surface area contributed by atoms with E-state index in [2.05, 4.69) is 38.0 Å². The summed E-state index contributed by atoms with van der Waals surface area (Å²) >= 11 is 1.52. The van der Waals surface area contributed by atoms with Crippen molar-refractivity contribution in [1.82, 2.24) is 9.97 Å². The van der Waals surface area contributed by atoms with Gasteiger partial charge < -0.3 is 20.1 Å². The Hall–Kier alpha value is -2.74. The molecule has 0 fully saturated rings. The van der Waals surface area contributed by atoms with Gasteiger partial charge in [-0.25, -0.2) is 4.98 Å². The summed E-state index contributed by atoms with van der Waals surface area (Å²) in [6, 6.07) is 4.95.